The van der Waals surface area contributed by atoms with Gasteiger partial charge in [-0.2, -0.15) is 0 Å². The first-order chi connectivity index (χ1) is 13.7. The largest absolute Gasteiger partial charge is 0.385 e. The average molecular weight is 384 g/mol. The fraction of sp³-hybridized carbons (Fsp3) is 0.421. The SMILES string of the molecule is COCCCNC(=O)c1ccnc(C(=O)N2CCN(c3ncccn3)CC2)c1. The minimum Gasteiger partial charge on any atom is -0.385 e. The molecule has 28 heavy (non-hydrogen) atoms. The van der Waals surface area contributed by atoms with Crippen LogP contribution in [0, 0.1) is 0 Å². The summed E-state index contributed by atoms with van der Waals surface area (Å²) in [4.78, 5) is 41.4. The number of ether oxygens (including phenoxy) is 1. The molecule has 0 aromatic carbocycles. The van der Waals surface area contributed by atoms with Gasteiger partial charge in [0, 0.05) is 70.6 Å². The van der Waals surface area contributed by atoms with Crippen molar-refractivity contribution in [2.24, 2.45) is 0 Å². The summed E-state index contributed by atoms with van der Waals surface area (Å²) in [6.07, 6.45) is 5.63. The number of aromatic nitrogens is 3. The topological polar surface area (TPSA) is 101 Å². The highest BCUT2D eigenvalue weighted by atomic mass is 16.5. The molecule has 1 aliphatic heterocycles. The monoisotopic (exact) mass is 384 g/mol. The van der Waals surface area contributed by atoms with Crippen LogP contribution in [0.25, 0.3) is 0 Å². The lowest BCUT2D eigenvalue weighted by atomic mass is 10.2. The Labute approximate surface area is 163 Å². The van der Waals surface area contributed by atoms with Crippen molar-refractivity contribution >= 4 is 17.8 Å². The van der Waals surface area contributed by atoms with Crippen molar-refractivity contribution in [2.45, 2.75) is 6.42 Å². The molecular formula is C19H24N6O3. The van der Waals surface area contributed by atoms with Gasteiger partial charge in [-0.1, -0.05) is 0 Å². The Morgan fingerprint density at radius 2 is 1.86 bits per heavy atom. The van der Waals surface area contributed by atoms with Crippen LogP contribution in [0.1, 0.15) is 27.3 Å². The van der Waals surface area contributed by atoms with E-state index >= 15 is 0 Å². The van der Waals surface area contributed by atoms with Crippen LogP contribution in [0.15, 0.2) is 36.8 Å². The smallest absolute Gasteiger partial charge is 0.272 e. The van der Waals surface area contributed by atoms with Gasteiger partial charge in [0.1, 0.15) is 5.69 Å². The van der Waals surface area contributed by atoms with Crippen LogP contribution in [0.5, 0.6) is 0 Å². The number of hydrogen-bond acceptors (Lipinski definition) is 7. The van der Waals surface area contributed by atoms with E-state index in [0.717, 1.165) is 6.42 Å². The number of amides is 2. The molecule has 148 valence electrons. The van der Waals surface area contributed by atoms with Crippen molar-refractivity contribution in [3.05, 3.63) is 48.0 Å². The first kappa shape index (κ1) is 19.7. The van der Waals surface area contributed by atoms with E-state index in [4.69, 9.17) is 4.74 Å². The Balaban J connectivity index is 1.57. The molecular weight excluding hydrogens is 360 g/mol. The van der Waals surface area contributed by atoms with Gasteiger partial charge < -0.3 is 19.9 Å². The lowest BCUT2D eigenvalue weighted by molar-refractivity contribution is 0.0740. The molecule has 3 rings (SSSR count). The maximum Gasteiger partial charge on any atom is 0.272 e. The molecule has 9 nitrogen and oxygen atoms in total. The standard InChI is InChI=1S/C19H24N6O3/c1-28-13-3-7-21-17(26)15-4-8-20-16(14-15)18(27)24-9-11-25(12-10-24)19-22-5-2-6-23-19/h2,4-6,8,14H,3,7,9-13H2,1H3,(H,21,26). The first-order valence-corrected chi connectivity index (χ1v) is 9.23. The van der Waals surface area contributed by atoms with Crippen LogP contribution in [0.2, 0.25) is 0 Å². The number of pyridine rings is 1. The van der Waals surface area contributed by atoms with Gasteiger partial charge >= 0.3 is 0 Å². The average Bonchev–Trinajstić information content (AvgIpc) is 2.77. The summed E-state index contributed by atoms with van der Waals surface area (Å²) in [5.74, 6) is 0.265. The molecule has 0 bridgehead atoms. The Kier molecular flexibility index (Phi) is 6.85. The number of carbonyl (C=O) groups excluding carboxylic acids is 2. The van der Waals surface area contributed by atoms with E-state index in [1.807, 2.05) is 4.90 Å². The van der Waals surface area contributed by atoms with Gasteiger partial charge in [-0.3, -0.25) is 14.6 Å². The maximum absolute atomic E-state index is 12.8. The van der Waals surface area contributed by atoms with Crippen LogP contribution >= 0.6 is 0 Å². The van der Waals surface area contributed by atoms with Crippen molar-refractivity contribution < 1.29 is 14.3 Å². The Morgan fingerprint density at radius 1 is 1.11 bits per heavy atom. The summed E-state index contributed by atoms with van der Waals surface area (Å²) in [5.41, 5.74) is 0.695. The van der Waals surface area contributed by atoms with E-state index in [2.05, 4.69) is 20.3 Å². The lowest BCUT2D eigenvalue weighted by Crippen LogP contribution is -2.49. The van der Waals surface area contributed by atoms with Crippen molar-refractivity contribution in [3.8, 4) is 0 Å². The molecule has 1 aliphatic rings. The summed E-state index contributed by atoms with van der Waals surface area (Å²) in [7, 11) is 1.62. The predicted octanol–water partition coefficient (Wildman–Crippen LogP) is 0.600. The van der Waals surface area contributed by atoms with E-state index in [1.54, 1.807) is 42.6 Å². The number of anilines is 1. The number of nitrogens with zero attached hydrogens (tertiary/aromatic N) is 5. The van der Waals surface area contributed by atoms with Gasteiger partial charge in [0.2, 0.25) is 5.95 Å². The molecule has 1 N–H and O–H groups in total. The minimum absolute atomic E-state index is 0.178. The molecule has 0 unspecified atom stereocenters. The van der Waals surface area contributed by atoms with Gasteiger partial charge in [0.15, 0.2) is 0 Å². The number of methoxy groups -OCH3 is 1. The highest BCUT2D eigenvalue weighted by Crippen LogP contribution is 2.12. The zero-order valence-corrected chi connectivity index (χ0v) is 15.9. The maximum atomic E-state index is 12.8. The molecule has 1 saturated heterocycles. The van der Waals surface area contributed by atoms with Crippen LogP contribution in [-0.4, -0.2) is 78.1 Å². The van der Waals surface area contributed by atoms with Gasteiger partial charge in [0.25, 0.3) is 11.8 Å². The van der Waals surface area contributed by atoms with E-state index in [-0.39, 0.29) is 17.5 Å². The minimum atomic E-state index is -0.224. The van der Waals surface area contributed by atoms with Crippen molar-refractivity contribution in [2.75, 3.05) is 51.3 Å². The van der Waals surface area contributed by atoms with Crippen molar-refractivity contribution in [3.63, 3.8) is 0 Å². The van der Waals surface area contributed by atoms with E-state index in [1.165, 1.54) is 6.20 Å². The molecule has 2 amide bonds. The van der Waals surface area contributed by atoms with E-state index < -0.39 is 0 Å². The number of carbonyl (C=O) groups is 2. The Bertz CT molecular complexity index is 793. The molecule has 0 aliphatic carbocycles. The quantitative estimate of drug-likeness (QED) is 0.698. The number of piperazine rings is 1. The van der Waals surface area contributed by atoms with Gasteiger partial charge in [-0.05, 0) is 24.6 Å². The molecule has 9 heteroatoms. The molecule has 2 aromatic heterocycles. The van der Waals surface area contributed by atoms with Crippen LogP contribution in [0.4, 0.5) is 5.95 Å². The fourth-order valence-electron chi connectivity index (χ4n) is 2.94. The molecule has 0 atom stereocenters. The van der Waals surface area contributed by atoms with Crippen molar-refractivity contribution in [1.82, 2.24) is 25.2 Å². The molecule has 1 fully saturated rings. The zero-order valence-electron chi connectivity index (χ0n) is 15.9. The van der Waals surface area contributed by atoms with Crippen LogP contribution in [-0.2, 0) is 4.74 Å². The van der Waals surface area contributed by atoms with Gasteiger partial charge in [-0.15, -0.1) is 0 Å². The predicted molar refractivity (Wildman–Crippen MR) is 103 cm³/mol. The molecule has 0 saturated carbocycles. The number of rotatable bonds is 7. The van der Waals surface area contributed by atoms with Crippen LogP contribution < -0.4 is 10.2 Å². The highest BCUT2D eigenvalue weighted by molar-refractivity contribution is 5.98. The first-order valence-electron chi connectivity index (χ1n) is 9.23. The molecule has 3 heterocycles. The van der Waals surface area contributed by atoms with E-state index in [0.29, 0.717) is 50.8 Å². The van der Waals surface area contributed by atoms with Gasteiger partial charge in [0.05, 0.1) is 0 Å². The lowest BCUT2D eigenvalue weighted by Gasteiger charge is -2.34. The Morgan fingerprint density at radius 3 is 2.57 bits per heavy atom. The Hall–Kier alpha value is -3.07. The molecule has 0 radical (unpaired) electrons. The van der Waals surface area contributed by atoms with Crippen molar-refractivity contribution in [1.29, 1.82) is 0 Å². The summed E-state index contributed by atoms with van der Waals surface area (Å²) in [6, 6.07) is 4.92. The van der Waals surface area contributed by atoms with Crippen LogP contribution in [0.3, 0.4) is 0 Å². The summed E-state index contributed by atoms with van der Waals surface area (Å²) in [5, 5.41) is 2.81. The highest BCUT2D eigenvalue weighted by Gasteiger charge is 2.24. The molecule has 0 spiro atoms. The zero-order chi connectivity index (χ0) is 19.8. The number of hydrogen-bond donors (Lipinski definition) is 1. The summed E-state index contributed by atoms with van der Waals surface area (Å²) >= 11 is 0. The third-order valence-corrected chi connectivity index (χ3v) is 4.45. The fourth-order valence-corrected chi connectivity index (χ4v) is 2.94. The van der Waals surface area contributed by atoms with E-state index in [9.17, 15) is 9.59 Å². The number of nitrogens with one attached hydrogen (secondary N) is 1. The second-order valence-electron chi connectivity index (χ2n) is 6.36. The van der Waals surface area contributed by atoms with Gasteiger partial charge in [-0.25, -0.2) is 9.97 Å². The normalized spacial score (nSPS) is 14.0. The third kappa shape index (κ3) is 5.01. The molecule has 2 aromatic rings. The second-order valence-corrected chi connectivity index (χ2v) is 6.36. The summed E-state index contributed by atoms with van der Waals surface area (Å²) < 4.78 is 4.96. The second kappa shape index (κ2) is 9.75. The summed E-state index contributed by atoms with van der Waals surface area (Å²) in [6.45, 7) is 3.49. The third-order valence-electron chi connectivity index (χ3n) is 4.45.